The van der Waals surface area contributed by atoms with Gasteiger partial charge in [-0.2, -0.15) is 5.10 Å². The number of rotatable bonds is 5. The van der Waals surface area contributed by atoms with Crippen molar-refractivity contribution < 1.29 is 4.74 Å². The minimum absolute atomic E-state index is 0.289. The molecule has 0 spiro atoms. The first kappa shape index (κ1) is 16.4. The van der Waals surface area contributed by atoms with E-state index in [2.05, 4.69) is 5.10 Å². The highest BCUT2D eigenvalue weighted by Crippen LogP contribution is 2.34. The fourth-order valence-corrected chi connectivity index (χ4v) is 2.92. The number of benzene rings is 1. The number of ether oxygens (including phenoxy) is 1. The maximum Gasteiger partial charge on any atom is 0.141 e. The van der Waals surface area contributed by atoms with Gasteiger partial charge < -0.3 is 10.5 Å². The molecular formula is C14H16Cl3N3O. The number of halogens is 3. The molecule has 0 saturated carbocycles. The molecule has 1 heterocycles. The third-order valence-corrected chi connectivity index (χ3v) is 4.10. The van der Waals surface area contributed by atoms with Gasteiger partial charge in [0.2, 0.25) is 0 Å². The Balaban J connectivity index is 2.27. The summed E-state index contributed by atoms with van der Waals surface area (Å²) in [5.74, 6) is 0.589. The monoisotopic (exact) mass is 347 g/mol. The SMILES string of the molecule is Cc1nn(C)c(Cl)c1COc1c(Cl)cc(Cl)cc1CCN. The molecule has 0 saturated heterocycles. The highest BCUT2D eigenvalue weighted by atomic mass is 35.5. The number of hydrogen-bond donors (Lipinski definition) is 1. The Kier molecular flexibility index (Phi) is 5.38. The maximum absolute atomic E-state index is 6.22. The molecule has 0 bridgehead atoms. The average Bonchev–Trinajstić information content (AvgIpc) is 2.64. The second-order valence-electron chi connectivity index (χ2n) is 4.68. The van der Waals surface area contributed by atoms with Gasteiger partial charge in [-0.05, 0) is 37.6 Å². The van der Waals surface area contributed by atoms with Gasteiger partial charge in [0, 0.05) is 17.6 Å². The lowest BCUT2D eigenvalue weighted by Crippen LogP contribution is -2.06. The highest BCUT2D eigenvalue weighted by Gasteiger charge is 2.15. The topological polar surface area (TPSA) is 53.1 Å². The fraction of sp³-hybridized carbons (Fsp3) is 0.357. The van der Waals surface area contributed by atoms with E-state index in [-0.39, 0.29) is 6.61 Å². The lowest BCUT2D eigenvalue weighted by molar-refractivity contribution is 0.302. The summed E-state index contributed by atoms with van der Waals surface area (Å²) in [7, 11) is 1.79. The second kappa shape index (κ2) is 6.88. The quantitative estimate of drug-likeness (QED) is 0.895. The smallest absolute Gasteiger partial charge is 0.141 e. The van der Waals surface area contributed by atoms with Crippen molar-refractivity contribution in [2.45, 2.75) is 20.0 Å². The second-order valence-corrected chi connectivity index (χ2v) is 5.88. The molecule has 0 aliphatic rings. The number of aromatic nitrogens is 2. The lowest BCUT2D eigenvalue weighted by Gasteiger charge is -2.13. The average molecular weight is 349 g/mol. The summed E-state index contributed by atoms with van der Waals surface area (Å²) in [5, 5.41) is 5.83. The molecular weight excluding hydrogens is 333 g/mol. The number of hydrogen-bond acceptors (Lipinski definition) is 3. The summed E-state index contributed by atoms with van der Waals surface area (Å²) >= 11 is 18.4. The molecule has 21 heavy (non-hydrogen) atoms. The Morgan fingerprint density at radius 3 is 2.57 bits per heavy atom. The van der Waals surface area contributed by atoms with E-state index in [4.69, 9.17) is 45.3 Å². The van der Waals surface area contributed by atoms with Crippen LogP contribution in [0.25, 0.3) is 0 Å². The van der Waals surface area contributed by atoms with Crippen LogP contribution >= 0.6 is 34.8 Å². The van der Waals surface area contributed by atoms with E-state index in [0.717, 1.165) is 16.8 Å². The zero-order valence-electron chi connectivity index (χ0n) is 11.8. The van der Waals surface area contributed by atoms with Gasteiger partial charge in [-0.25, -0.2) is 0 Å². The van der Waals surface area contributed by atoms with Crippen molar-refractivity contribution in [1.29, 1.82) is 0 Å². The van der Waals surface area contributed by atoms with E-state index >= 15 is 0 Å². The predicted octanol–water partition coefficient (Wildman–Crippen LogP) is 3.77. The first-order chi connectivity index (χ1) is 9.93. The summed E-state index contributed by atoms with van der Waals surface area (Å²) in [6.07, 6.45) is 0.634. The van der Waals surface area contributed by atoms with Crippen molar-refractivity contribution in [2.24, 2.45) is 12.8 Å². The predicted molar refractivity (Wildman–Crippen MR) is 86.5 cm³/mol. The minimum Gasteiger partial charge on any atom is -0.487 e. The van der Waals surface area contributed by atoms with E-state index in [1.807, 2.05) is 13.0 Å². The molecule has 0 aliphatic carbocycles. The normalized spacial score (nSPS) is 11.0. The van der Waals surface area contributed by atoms with Crippen molar-refractivity contribution in [1.82, 2.24) is 9.78 Å². The van der Waals surface area contributed by atoms with E-state index in [1.54, 1.807) is 17.8 Å². The van der Waals surface area contributed by atoms with Crippen LogP contribution in [0.5, 0.6) is 5.75 Å². The van der Waals surface area contributed by atoms with E-state index in [1.165, 1.54) is 0 Å². The summed E-state index contributed by atoms with van der Waals surface area (Å²) in [6.45, 7) is 2.66. The third-order valence-electron chi connectivity index (χ3n) is 3.13. The lowest BCUT2D eigenvalue weighted by atomic mass is 10.1. The third kappa shape index (κ3) is 3.64. The number of aryl methyl sites for hydroxylation is 2. The summed E-state index contributed by atoms with van der Waals surface area (Å²) in [4.78, 5) is 0. The van der Waals surface area contributed by atoms with Crippen molar-refractivity contribution in [2.75, 3.05) is 6.54 Å². The van der Waals surface area contributed by atoms with Gasteiger partial charge in [0.05, 0.1) is 10.7 Å². The van der Waals surface area contributed by atoms with Crippen LogP contribution in [-0.2, 0) is 20.1 Å². The van der Waals surface area contributed by atoms with Crippen LogP contribution < -0.4 is 10.5 Å². The molecule has 1 aromatic heterocycles. The first-order valence-electron chi connectivity index (χ1n) is 6.42. The molecule has 4 nitrogen and oxygen atoms in total. The molecule has 2 aromatic rings. The molecule has 114 valence electrons. The molecule has 1 aromatic carbocycles. The molecule has 0 unspecified atom stereocenters. The van der Waals surface area contributed by atoms with E-state index in [9.17, 15) is 0 Å². The van der Waals surface area contributed by atoms with Gasteiger partial charge >= 0.3 is 0 Å². The molecule has 0 atom stereocenters. The van der Waals surface area contributed by atoms with Crippen molar-refractivity contribution >= 4 is 34.8 Å². The van der Waals surface area contributed by atoms with Crippen LogP contribution in [0.2, 0.25) is 15.2 Å². The Labute approximate surface area is 138 Å². The Bertz CT molecular complexity index is 655. The van der Waals surface area contributed by atoms with E-state index < -0.39 is 0 Å². The van der Waals surface area contributed by atoms with Gasteiger partial charge in [-0.1, -0.05) is 34.8 Å². The van der Waals surface area contributed by atoms with Crippen molar-refractivity contribution in [3.8, 4) is 5.75 Å². The Morgan fingerprint density at radius 2 is 2.00 bits per heavy atom. The van der Waals surface area contributed by atoms with Crippen LogP contribution in [0.3, 0.4) is 0 Å². The van der Waals surface area contributed by atoms with Gasteiger partial charge in [0.1, 0.15) is 17.5 Å². The zero-order chi connectivity index (χ0) is 15.6. The number of nitrogens with two attached hydrogens (primary N) is 1. The van der Waals surface area contributed by atoms with Gasteiger partial charge in [-0.3, -0.25) is 4.68 Å². The van der Waals surface area contributed by atoms with Gasteiger partial charge in [-0.15, -0.1) is 0 Å². The van der Waals surface area contributed by atoms with Crippen LogP contribution in [-0.4, -0.2) is 16.3 Å². The van der Waals surface area contributed by atoms with Crippen LogP contribution in [0.1, 0.15) is 16.8 Å². The molecule has 0 fully saturated rings. The molecule has 2 N–H and O–H groups in total. The first-order valence-corrected chi connectivity index (χ1v) is 7.56. The minimum atomic E-state index is 0.289. The summed E-state index contributed by atoms with van der Waals surface area (Å²) in [5.41, 5.74) is 8.16. The van der Waals surface area contributed by atoms with Crippen LogP contribution in [0.15, 0.2) is 12.1 Å². The van der Waals surface area contributed by atoms with Crippen molar-refractivity contribution in [3.63, 3.8) is 0 Å². The van der Waals surface area contributed by atoms with Crippen LogP contribution in [0.4, 0.5) is 0 Å². The van der Waals surface area contributed by atoms with E-state index in [0.29, 0.717) is 33.9 Å². The number of nitrogens with zero attached hydrogens (tertiary/aromatic N) is 2. The molecule has 7 heteroatoms. The fourth-order valence-electron chi connectivity index (χ4n) is 2.10. The maximum atomic E-state index is 6.22. The van der Waals surface area contributed by atoms with Crippen LogP contribution in [0, 0.1) is 6.92 Å². The molecule has 0 aliphatic heterocycles. The summed E-state index contributed by atoms with van der Waals surface area (Å²) in [6, 6.07) is 3.46. The molecule has 0 amide bonds. The highest BCUT2D eigenvalue weighted by molar-refractivity contribution is 6.35. The Morgan fingerprint density at radius 1 is 1.29 bits per heavy atom. The molecule has 2 rings (SSSR count). The summed E-state index contributed by atoms with van der Waals surface area (Å²) < 4.78 is 7.46. The zero-order valence-corrected chi connectivity index (χ0v) is 14.1. The molecule has 0 radical (unpaired) electrons. The standard InChI is InChI=1S/C14H16Cl3N3O/c1-8-11(14(17)20(2)19-8)7-21-13-9(3-4-18)5-10(15)6-12(13)16/h5-6H,3-4,7,18H2,1-2H3. The largest absolute Gasteiger partial charge is 0.487 e. The van der Waals surface area contributed by atoms with Gasteiger partial charge in [0.15, 0.2) is 0 Å². The van der Waals surface area contributed by atoms with Gasteiger partial charge in [0.25, 0.3) is 0 Å². The van der Waals surface area contributed by atoms with Crippen molar-refractivity contribution in [3.05, 3.63) is 44.2 Å². The Hall–Kier alpha value is -0.940.